The van der Waals surface area contributed by atoms with Crippen LogP contribution in [0.25, 0.3) is 0 Å². The third kappa shape index (κ3) is 4.14. The number of anilines is 1. The first kappa shape index (κ1) is 17.3. The molecular weight excluding hydrogens is 320 g/mol. The Morgan fingerprint density at radius 2 is 2.08 bits per heavy atom. The van der Waals surface area contributed by atoms with Crippen molar-refractivity contribution in [2.75, 3.05) is 18.0 Å². The van der Waals surface area contributed by atoms with Crippen LogP contribution < -0.4 is 10.2 Å². The maximum atomic E-state index is 12.3. The molecule has 0 radical (unpaired) electrons. The Balaban J connectivity index is 1.60. The lowest BCUT2D eigenvalue weighted by molar-refractivity contribution is -0.00546. The van der Waals surface area contributed by atoms with Gasteiger partial charge in [-0.3, -0.25) is 4.79 Å². The lowest BCUT2D eigenvalue weighted by Gasteiger charge is -2.36. The molecular formula is C17H24N6O2. The second-order valence-corrected chi connectivity index (χ2v) is 6.28. The van der Waals surface area contributed by atoms with Crippen molar-refractivity contribution in [3.05, 3.63) is 36.0 Å². The van der Waals surface area contributed by atoms with Crippen molar-refractivity contribution >= 4 is 11.7 Å². The van der Waals surface area contributed by atoms with Gasteiger partial charge in [0.2, 0.25) is 0 Å². The van der Waals surface area contributed by atoms with Crippen LogP contribution in [0.15, 0.2) is 24.7 Å². The van der Waals surface area contributed by atoms with E-state index in [1.54, 1.807) is 18.6 Å². The number of aryl methyl sites for hydroxylation is 1. The van der Waals surface area contributed by atoms with E-state index >= 15 is 0 Å². The number of hydrogen-bond acceptors (Lipinski definition) is 6. The highest BCUT2D eigenvalue weighted by atomic mass is 16.5. The monoisotopic (exact) mass is 344 g/mol. The summed E-state index contributed by atoms with van der Waals surface area (Å²) in [6.45, 7) is 8.83. The molecule has 0 spiro atoms. The average molecular weight is 344 g/mol. The van der Waals surface area contributed by atoms with Crippen LogP contribution in [0.2, 0.25) is 0 Å². The van der Waals surface area contributed by atoms with Crippen molar-refractivity contribution in [3.63, 3.8) is 0 Å². The van der Waals surface area contributed by atoms with Crippen molar-refractivity contribution in [2.45, 2.75) is 46.1 Å². The smallest absolute Gasteiger partial charge is 0.253 e. The summed E-state index contributed by atoms with van der Waals surface area (Å²) in [6, 6.07) is 3.68. The summed E-state index contributed by atoms with van der Waals surface area (Å²) >= 11 is 0. The van der Waals surface area contributed by atoms with E-state index < -0.39 is 0 Å². The van der Waals surface area contributed by atoms with E-state index in [0.29, 0.717) is 12.1 Å². The van der Waals surface area contributed by atoms with Gasteiger partial charge in [-0.2, -0.15) is 0 Å². The molecule has 1 saturated heterocycles. The zero-order valence-electron chi connectivity index (χ0n) is 14.8. The molecule has 0 aliphatic carbocycles. The van der Waals surface area contributed by atoms with Crippen LogP contribution in [-0.2, 0) is 17.8 Å². The normalized spacial score (nSPS) is 20.5. The molecule has 1 N–H and O–H groups in total. The topological polar surface area (TPSA) is 85.2 Å². The van der Waals surface area contributed by atoms with Gasteiger partial charge in [0, 0.05) is 25.8 Å². The molecule has 3 rings (SSSR count). The van der Waals surface area contributed by atoms with E-state index in [-0.39, 0.29) is 18.1 Å². The van der Waals surface area contributed by atoms with Crippen molar-refractivity contribution < 1.29 is 9.53 Å². The van der Waals surface area contributed by atoms with Gasteiger partial charge in [0.1, 0.15) is 12.1 Å². The maximum Gasteiger partial charge on any atom is 0.253 e. The first-order valence-electron chi connectivity index (χ1n) is 8.58. The quantitative estimate of drug-likeness (QED) is 0.878. The molecule has 0 bridgehead atoms. The van der Waals surface area contributed by atoms with Crippen LogP contribution in [0.5, 0.6) is 0 Å². The van der Waals surface area contributed by atoms with Gasteiger partial charge in [0.05, 0.1) is 24.3 Å². The van der Waals surface area contributed by atoms with Gasteiger partial charge in [0.25, 0.3) is 5.91 Å². The standard InChI is InChI=1S/C17H24N6O2/c1-4-22-11-20-21-16(22)8-19-17(24)14-5-6-15(18-7-14)23-9-12(2)25-13(3)10-23/h5-7,11-13H,4,8-10H2,1-3H3,(H,19,24)/t12-,13+. The molecule has 0 aromatic carbocycles. The fourth-order valence-corrected chi connectivity index (χ4v) is 3.01. The minimum Gasteiger partial charge on any atom is -0.372 e. The van der Waals surface area contributed by atoms with Crippen LogP contribution in [0.4, 0.5) is 5.82 Å². The molecule has 8 heteroatoms. The summed E-state index contributed by atoms with van der Waals surface area (Å²) in [5, 5.41) is 10.7. The highest BCUT2D eigenvalue weighted by Crippen LogP contribution is 2.18. The molecule has 1 amide bonds. The van der Waals surface area contributed by atoms with Gasteiger partial charge in [-0.25, -0.2) is 4.98 Å². The highest BCUT2D eigenvalue weighted by molar-refractivity contribution is 5.93. The number of rotatable bonds is 5. The predicted molar refractivity (Wildman–Crippen MR) is 93.3 cm³/mol. The number of morpholine rings is 1. The lowest BCUT2D eigenvalue weighted by atomic mass is 10.2. The molecule has 2 aromatic heterocycles. The second-order valence-electron chi connectivity index (χ2n) is 6.28. The molecule has 0 unspecified atom stereocenters. The van der Waals surface area contributed by atoms with Crippen LogP contribution in [0.3, 0.4) is 0 Å². The van der Waals surface area contributed by atoms with Crippen molar-refractivity contribution in [1.29, 1.82) is 0 Å². The molecule has 1 aliphatic rings. The summed E-state index contributed by atoms with van der Waals surface area (Å²) in [6.07, 6.45) is 3.61. The van der Waals surface area contributed by atoms with Crippen LogP contribution in [0.1, 0.15) is 37.0 Å². The third-order valence-corrected chi connectivity index (χ3v) is 4.20. The molecule has 8 nitrogen and oxygen atoms in total. The maximum absolute atomic E-state index is 12.3. The van der Waals surface area contributed by atoms with E-state index in [0.717, 1.165) is 31.3 Å². The van der Waals surface area contributed by atoms with E-state index in [2.05, 4.69) is 39.2 Å². The molecule has 1 fully saturated rings. The zero-order chi connectivity index (χ0) is 17.8. The number of hydrogen-bond donors (Lipinski definition) is 1. The Labute approximate surface area is 147 Å². The highest BCUT2D eigenvalue weighted by Gasteiger charge is 2.23. The number of pyridine rings is 1. The Kier molecular flexibility index (Phi) is 5.28. The molecule has 2 aromatic rings. The summed E-state index contributed by atoms with van der Waals surface area (Å²) in [5.41, 5.74) is 0.528. The Morgan fingerprint density at radius 1 is 1.32 bits per heavy atom. The van der Waals surface area contributed by atoms with Crippen LogP contribution in [-0.4, -0.2) is 51.0 Å². The van der Waals surface area contributed by atoms with Gasteiger partial charge in [-0.15, -0.1) is 10.2 Å². The van der Waals surface area contributed by atoms with Crippen LogP contribution in [0, 0.1) is 0 Å². The summed E-state index contributed by atoms with van der Waals surface area (Å²) in [5.74, 6) is 1.43. The van der Waals surface area contributed by atoms with E-state index in [9.17, 15) is 4.79 Å². The number of nitrogens with one attached hydrogen (secondary N) is 1. The molecule has 25 heavy (non-hydrogen) atoms. The van der Waals surface area contributed by atoms with E-state index in [1.807, 2.05) is 17.6 Å². The molecule has 134 valence electrons. The Hall–Kier alpha value is -2.48. The third-order valence-electron chi connectivity index (χ3n) is 4.20. The minimum absolute atomic E-state index is 0.171. The van der Waals surface area contributed by atoms with Gasteiger partial charge >= 0.3 is 0 Å². The number of ether oxygens (including phenoxy) is 1. The van der Waals surface area contributed by atoms with Gasteiger partial charge in [-0.1, -0.05) is 0 Å². The summed E-state index contributed by atoms with van der Waals surface area (Å²) in [7, 11) is 0. The predicted octanol–water partition coefficient (Wildman–Crippen LogP) is 1.24. The molecule has 2 atom stereocenters. The number of nitrogens with zero attached hydrogens (tertiary/aromatic N) is 5. The van der Waals surface area contributed by atoms with Crippen LogP contribution >= 0.6 is 0 Å². The Morgan fingerprint density at radius 3 is 2.72 bits per heavy atom. The van der Waals surface area contributed by atoms with Crippen molar-refractivity contribution in [1.82, 2.24) is 25.1 Å². The summed E-state index contributed by atoms with van der Waals surface area (Å²) < 4.78 is 7.63. The van der Waals surface area contributed by atoms with Gasteiger partial charge in [0.15, 0.2) is 5.82 Å². The number of carbonyl (C=O) groups excluding carboxylic acids is 1. The second kappa shape index (κ2) is 7.60. The number of carbonyl (C=O) groups is 1. The largest absolute Gasteiger partial charge is 0.372 e. The average Bonchev–Trinajstić information content (AvgIpc) is 3.06. The molecule has 3 heterocycles. The molecule has 1 aliphatic heterocycles. The first-order valence-corrected chi connectivity index (χ1v) is 8.58. The van der Waals surface area contributed by atoms with Gasteiger partial charge in [-0.05, 0) is 32.9 Å². The van der Waals surface area contributed by atoms with Gasteiger partial charge < -0.3 is 19.5 Å². The van der Waals surface area contributed by atoms with E-state index in [4.69, 9.17) is 4.74 Å². The van der Waals surface area contributed by atoms with E-state index in [1.165, 1.54) is 0 Å². The SMILES string of the molecule is CCn1cnnc1CNC(=O)c1ccc(N2C[C@@H](C)O[C@@H](C)C2)nc1. The fraction of sp³-hybridized carbons (Fsp3) is 0.529. The minimum atomic E-state index is -0.173. The van der Waals surface area contributed by atoms with Crippen molar-refractivity contribution in [2.24, 2.45) is 0 Å². The first-order chi connectivity index (χ1) is 12.1. The Bertz CT molecular complexity index is 704. The molecule has 0 saturated carbocycles. The number of amides is 1. The van der Waals surface area contributed by atoms with Crippen molar-refractivity contribution in [3.8, 4) is 0 Å². The summed E-state index contributed by atoms with van der Waals surface area (Å²) in [4.78, 5) is 18.9. The zero-order valence-corrected chi connectivity index (χ0v) is 14.8. The number of aromatic nitrogens is 4. The lowest BCUT2D eigenvalue weighted by Crippen LogP contribution is -2.45. The fourth-order valence-electron chi connectivity index (χ4n) is 3.01.